The fourth-order valence-electron chi connectivity index (χ4n) is 12.4. The van der Waals surface area contributed by atoms with Crippen molar-refractivity contribution in [3.63, 3.8) is 0 Å². The summed E-state index contributed by atoms with van der Waals surface area (Å²) in [5.41, 5.74) is 18.0. The van der Waals surface area contributed by atoms with E-state index in [2.05, 4.69) is 110 Å². The van der Waals surface area contributed by atoms with Gasteiger partial charge in [0.1, 0.15) is 0 Å². The molecule has 61 heavy (non-hydrogen) atoms. The van der Waals surface area contributed by atoms with E-state index in [1.165, 1.54) is 74.3 Å². The molecule has 0 saturated heterocycles. The second-order valence-corrected chi connectivity index (χ2v) is 22.5. The van der Waals surface area contributed by atoms with Gasteiger partial charge < -0.3 is 10.2 Å². The Balaban J connectivity index is 0.000000156. The minimum atomic E-state index is -0.928. The van der Waals surface area contributed by atoms with Crippen LogP contribution >= 0.6 is 0 Å². The smallest absolute Gasteiger partial charge is 0.337 e. The summed E-state index contributed by atoms with van der Waals surface area (Å²) >= 11 is 0. The highest BCUT2D eigenvalue weighted by molar-refractivity contribution is 5.88. The van der Waals surface area contributed by atoms with Gasteiger partial charge in [0.05, 0.1) is 16.8 Å². The molecule has 5 heteroatoms. The largest absolute Gasteiger partial charge is 0.478 e. The molecule has 0 amide bonds. The minimum absolute atomic E-state index is 0.238. The molecule has 4 fully saturated rings. The van der Waals surface area contributed by atoms with Crippen LogP contribution in [0.3, 0.4) is 0 Å². The highest BCUT2D eigenvalue weighted by Crippen LogP contribution is 2.69. The van der Waals surface area contributed by atoms with Crippen LogP contribution in [0, 0.1) is 18.8 Å². The van der Waals surface area contributed by atoms with E-state index in [1.807, 2.05) is 18.2 Å². The molecule has 10 rings (SSSR count). The number of rotatable bonds is 6. The van der Waals surface area contributed by atoms with Gasteiger partial charge in [-0.15, -0.1) is 0 Å². The molecule has 4 unspecified atom stereocenters. The first-order valence-corrected chi connectivity index (χ1v) is 22.9. The molecule has 4 atom stereocenters. The van der Waals surface area contributed by atoms with E-state index in [9.17, 15) is 9.59 Å². The molecular weight excluding hydrogens is 751 g/mol. The molecule has 318 valence electrons. The van der Waals surface area contributed by atoms with Crippen molar-refractivity contribution < 1.29 is 19.8 Å². The summed E-state index contributed by atoms with van der Waals surface area (Å²) in [6.07, 6.45) is 18.2. The zero-order chi connectivity index (χ0) is 43.5. The summed E-state index contributed by atoms with van der Waals surface area (Å²) in [4.78, 5) is 26.5. The van der Waals surface area contributed by atoms with Crippen molar-refractivity contribution in [2.75, 3.05) is 0 Å². The van der Waals surface area contributed by atoms with Gasteiger partial charge >= 0.3 is 11.9 Å². The van der Waals surface area contributed by atoms with Crippen LogP contribution in [0.15, 0.2) is 84.1 Å². The van der Waals surface area contributed by atoms with Crippen molar-refractivity contribution in [1.29, 1.82) is 0 Å². The lowest BCUT2D eigenvalue weighted by Gasteiger charge is -2.43. The number of pyridine rings is 1. The molecule has 2 N–H and O–H groups in total. The van der Waals surface area contributed by atoms with Gasteiger partial charge in [-0.25, -0.2) is 9.59 Å². The Labute approximate surface area is 363 Å². The third kappa shape index (κ3) is 7.12. The lowest BCUT2D eigenvalue weighted by molar-refractivity contribution is 0.0686. The number of aryl methyl sites for hydroxylation is 1. The van der Waals surface area contributed by atoms with Crippen molar-refractivity contribution in [3.8, 4) is 0 Å². The molecule has 6 aliphatic rings. The maximum absolute atomic E-state index is 11.1. The summed E-state index contributed by atoms with van der Waals surface area (Å²) in [5, 5.41) is 18.2. The molecule has 0 spiro atoms. The molecule has 1 aromatic heterocycles. The number of allylic oxidation sites excluding steroid dienone is 2. The zero-order valence-corrected chi connectivity index (χ0v) is 38.0. The number of hydrogen-bond acceptors (Lipinski definition) is 3. The molecular formula is C56H65NO4. The van der Waals surface area contributed by atoms with Gasteiger partial charge in [-0.05, 0) is 179 Å². The van der Waals surface area contributed by atoms with Crippen LogP contribution in [0.4, 0.5) is 0 Å². The standard InChI is InChI=1S/C28H33NO2.C28H32O2/c1-17-12-22-23(27(4,5)11-10-26(22,2)3)14-21(17)28-9-8-18(24(28)15-28)13-20-7-6-19(16-29-20)25(30)31;1-26(2)13-14-27(3,4)23-16-21(9-10-22(23)26)28-12-11-20(24(28)17-28)15-18-5-7-19(8-6-18)25(29)30/h6-7,12-14,16,24H,8-11,15H2,1-5H3,(H,30,31);5-10,15-16,24H,11-14,17H2,1-4H3,(H,29,30). The van der Waals surface area contributed by atoms with Gasteiger partial charge in [-0.1, -0.05) is 115 Å². The number of nitrogens with zero attached hydrogens (tertiary/aromatic N) is 1. The van der Waals surface area contributed by atoms with Crippen molar-refractivity contribution in [3.05, 3.63) is 145 Å². The van der Waals surface area contributed by atoms with E-state index in [0.29, 0.717) is 28.2 Å². The first kappa shape index (κ1) is 41.6. The monoisotopic (exact) mass is 815 g/mol. The number of hydrogen-bond donors (Lipinski definition) is 2. The molecule has 0 aliphatic heterocycles. The Bertz CT molecular complexity index is 2510. The molecule has 5 nitrogen and oxygen atoms in total. The summed E-state index contributed by atoms with van der Waals surface area (Å²) in [7, 11) is 0. The summed E-state index contributed by atoms with van der Waals surface area (Å²) < 4.78 is 0. The van der Waals surface area contributed by atoms with Crippen LogP contribution in [-0.2, 0) is 32.5 Å². The first-order chi connectivity index (χ1) is 28.7. The summed E-state index contributed by atoms with van der Waals surface area (Å²) in [6.45, 7) is 21.5. The highest BCUT2D eigenvalue weighted by atomic mass is 16.4. The number of carboxylic acids is 2. The first-order valence-electron chi connectivity index (χ1n) is 22.9. The van der Waals surface area contributed by atoms with E-state index in [4.69, 9.17) is 10.2 Å². The highest BCUT2D eigenvalue weighted by Gasteiger charge is 2.61. The number of fused-ring (bicyclic) bond motifs is 4. The maximum Gasteiger partial charge on any atom is 0.337 e. The van der Waals surface area contributed by atoms with Crippen LogP contribution in [0.25, 0.3) is 12.2 Å². The SMILES string of the molecule is CC1(C)CCC(C)(C)c2cc(C34CCC(=Cc5ccc(C(=O)O)cc5)C3C4)ccc21.Cc1cc2c(cc1C13CCC(=Cc4ccc(C(=O)O)cn4)C1C3)C(C)(C)CCC2(C)C. The van der Waals surface area contributed by atoms with Crippen LogP contribution in [0.5, 0.6) is 0 Å². The van der Waals surface area contributed by atoms with Gasteiger partial charge in [0.15, 0.2) is 0 Å². The van der Waals surface area contributed by atoms with Crippen LogP contribution in [0.1, 0.15) is 191 Å². The van der Waals surface area contributed by atoms with E-state index >= 15 is 0 Å². The third-order valence-corrected chi connectivity index (χ3v) is 16.8. The second kappa shape index (κ2) is 14.1. The fraction of sp³-hybridized carbons (Fsp3) is 0.482. The average molecular weight is 816 g/mol. The Morgan fingerprint density at radius 2 is 1.07 bits per heavy atom. The Morgan fingerprint density at radius 3 is 1.62 bits per heavy atom. The van der Waals surface area contributed by atoms with Gasteiger partial charge in [-0.2, -0.15) is 0 Å². The predicted molar refractivity (Wildman–Crippen MR) is 247 cm³/mol. The van der Waals surface area contributed by atoms with E-state index in [1.54, 1.807) is 51.6 Å². The van der Waals surface area contributed by atoms with E-state index in [-0.39, 0.29) is 27.2 Å². The maximum atomic E-state index is 11.1. The third-order valence-electron chi connectivity index (χ3n) is 16.8. The van der Waals surface area contributed by atoms with Crippen molar-refractivity contribution in [1.82, 2.24) is 4.98 Å². The molecule has 3 aromatic carbocycles. The average Bonchev–Trinajstić information content (AvgIpc) is 4.08. The van der Waals surface area contributed by atoms with E-state index in [0.717, 1.165) is 24.1 Å². The van der Waals surface area contributed by atoms with Crippen LogP contribution < -0.4 is 0 Å². The fourth-order valence-corrected chi connectivity index (χ4v) is 12.4. The number of aromatic nitrogens is 1. The van der Waals surface area contributed by atoms with Crippen LogP contribution in [-0.4, -0.2) is 27.1 Å². The lowest BCUT2D eigenvalue weighted by Crippen LogP contribution is -2.34. The Kier molecular flexibility index (Phi) is 9.63. The number of benzene rings is 3. The van der Waals surface area contributed by atoms with Crippen molar-refractivity contribution in [2.45, 2.75) is 159 Å². The van der Waals surface area contributed by atoms with Gasteiger partial charge in [0, 0.05) is 17.0 Å². The molecule has 6 aliphatic carbocycles. The molecule has 4 aromatic rings. The molecule has 1 heterocycles. The number of carbonyl (C=O) groups is 2. The van der Waals surface area contributed by atoms with Crippen LogP contribution in [0.2, 0.25) is 0 Å². The second-order valence-electron chi connectivity index (χ2n) is 22.5. The minimum Gasteiger partial charge on any atom is -0.478 e. The van der Waals surface area contributed by atoms with Gasteiger partial charge in [-0.3, -0.25) is 4.98 Å². The molecule has 0 radical (unpaired) electrons. The van der Waals surface area contributed by atoms with Gasteiger partial charge in [0.2, 0.25) is 0 Å². The Morgan fingerprint density at radius 1 is 0.557 bits per heavy atom. The van der Waals surface area contributed by atoms with Crippen molar-refractivity contribution >= 4 is 24.1 Å². The molecule has 4 saturated carbocycles. The topological polar surface area (TPSA) is 87.5 Å². The summed E-state index contributed by atoms with van der Waals surface area (Å²) in [5.74, 6) is -0.545. The number of aromatic carboxylic acids is 2. The number of carboxylic acid groups (broad SMARTS) is 2. The van der Waals surface area contributed by atoms with Gasteiger partial charge in [0.25, 0.3) is 0 Å². The molecule has 0 bridgehead atoms. The van der Waals surface area contributed by atoms with Crippen molar-refractivity contribution in [2.24, 2.45) is 11.8 Å². The summed E-state index contributed by atoms with van der Waals surface area (Å²) in [6, 6.07) is 23.2. The van der Waals surface area contributed by atoms with E-state index < -0.39 is 11.9 Å². The normalized spacial score (nSPS) is 29.1. The quantitative estimate of drug-likeness (QED) is 0.202. The Hall–Kier alpha value is -4.77. The predicted octanol–water partition coefficient (Wildman–Crippen LogP) is 13.4. The zero-order valence-electron chi connectivity index (χ0n) is 38.0. The lowest BCUT2D eigenvalue weighted by atomic mass is 9.62.